The number of nitrogens with zero attached hydrogens (tertiary/aromatic N) is 2. The van der Waals surface area contributed by atoms with Crippen LogP contribution in [0.2, 0.25) is 0 Å². The van der Waals surface area contributed by atoms with Crippen LogP contribution in [-0.4, -0.2) is 17.5 Å². The van der Waals surface area contributed by atoms with E-state index < -0.39 is 4.92 Å². The maximum atomic E-state index is 11.8. The molecular weight excluding hydrogens is 184 g/mol. The first-order valence-corrected chi connectivity index (χ1v) is 4.38. The van der Waals surface area contributed by atoms with Gasteiger partial charge >= 0.3 is 0 Å². The van der Waals surface area contributed by atoms with Crippen molar-refractivity contribution in [2.45, 2.75) is 13.0 Å². The lowest BCUT2D eigenvalue weighted by Gasteiger charge is -2.22. The lowest BCUT2D eigenvalue weighted by atomic mass is 10.3. The Morgan fingerprint density at radius 3 is 2.29 bits per heavy atom. The predicted octanol–water partition coefficient (Wildman–Crippen LogP) is 1.80. The number of hydroxylamine groups is 2. The molecule has 0 radical (unpaired) electrons. The summed E-state index contributed by atoms with van der Waals surface area (Å²) >= 11 is 0. The summed E-state index contributed by atoms with van der Waals surface area (Å²) in [6, 6.07) is 5.90. The van der Waals surface area contributed by atoms with Crippen LogP contribution in [0.4, 0.5) is 11.4 Å². The molecule has 1 unspecified atom stereocenters. The highest BCUT2D eigenvalue weighted by atomic mass is 16.6. The molecule has 1 fully saturated rings. The van der Waals surface area contributed by atoms with Crippen LogP contribution in [0.1, 0.15) is 6.92 Å². The molecule has 74 valence electrons. The second kappa shape index (κ2) is 2.76. The van der Waals surface area contributed by atoms with Gasteiger partial charge in [-0.3, -0.25) is 10.1 Å². The highest BCUT2D eigenvalue weighted by Crippen LogP contribution is 2.37. The smallest absolute Gasteiger partial charge is 0.269 e. The second-order valence-electron chi connectivity index (χ2n) is 3.60. The van der Waals surface area contributed by atoms with Crippen LogP contribution in [0.25, 0.3) is 0 Å². The summed E-state index contributed by atoms with van der Waals surface area (Å²) in [7, 11) is 0. The van der Waals surface area contributed by atoms with E-state index >= 15 is 0 Å². The lowest BCUT2D eigenvalue weighted by Crippen LogP contribution is -2.18. The Kier molecular flexibility index (Phi) is 1.80. The van der Waals surface area contributed by atoms with E-state index in [-0.39, 0.29) is 16.4 Å². The third-order valence-corrected chi connectivity index (χ3v) is 2.61. The molecule has 0 saturated carbocycles. The maximum absolute atomic E-state index is 11.8. The average molecular weight is 194 g/mol. The van der Waals surface area contributed by atoms with E-state index in [0.717, 1.165) is 0 Å². The van der Waals surface area contributed by atoms with Gasteiger partial charge in [-0.1, -0.05) is 0 Å². The highest BCUT2D eigenvalue weighted by Gasteiger charge is 2.45. The summed E-state index contributed by atoms with van der Waals surface area (Å²) in [4.78, 5) is 9.90. The number of non-ortho nitro benzene ring substituents is 1. The monoisotopic (exact) mass is 194 g/mol. The first-order chi connectivity index (χ1) is 6.54. The fourth-order valence-electron chi connectivity index (χ4n) is 1.53. The molecule has 2 atom stereocenters. The molecule has 0 spiro atoms. The Morgan fingerprint density at radius 1 is 1.43 bits per heavy atom. The molecule has 14 heavy (non-hydrogen) atoms. The Balaban J connectivity index is 2.27. The van der Waals surface area contributed by atoms with Crippen LogP contribution in [0.3, 0.4) is 0 Å². The van der Waals surface area contributed by atoms with Crippen molar-refractivity contribution >= 4 is 11.4 Å². The third kappa shape index (κ3) is 1.26. The summed E-state index contributed by atoms with van der Waals surface area (Å²) < 4.78 is -0.349. The molecule has 2 rings (SSSR count). The molecule has 5 nitrogen and oxygen atoms in total. The molecule has 1 aromatic carbocycles. The second-order valence-corrected chi connectivity index (χ2v) is 3.60. The van der Waals surface area contributed by atoms with Gasteiger partial charge in [0.05, 0.1) is 4.92 Å². The van der Waals surface area contributed by atoms with Crippen molar-refractivity contribution in [3.05, 3.63) is 39.6 Å². The fraction of sp³-hybridized carbons (Fsp3) is 0.333. The quantitative estimate of drug-likeness (QED) is 0.237. The summed E-state index contributed by atoms with van der Waals surface area (Å²) in [6.07, 6.45) is 0. The SMILES string of the molecule is C[C@@H]1C[N+]1([O-])c1ccc([N+](=O)[O-])cc1. The highest BCUT2D eigenvalue weighted by molar-refractivity contribution is 5.53. The molecule has 1 aliphatic rings. The Morgan fingerprint density at radius 2 is 1.93 bits per heavy atom. The van der Waals surface area contributed by atoms with Gasteiger partial charge in [0, 0.05) is 24.3 Å². The Hall–Kier alpha value is -1.46. The fourth-order valence-corrected chi connectivity index (χ4v) is 1.53. The van der Waals surface area contributed by atoms with Gasteiger partial charge in [-0.25, -0.2) is 0 Å². The van der Waals surface area contributed by atoms with E-state index in [9.17, 15) is 15.3 Å². The standard InChI is InChI=1S/C9H10N2O3/c1-7-6-11(7,14)9-4-2-8(3-5-9)10(12)13/h2-5,7H,6H2,1H3/t7-,11?/m1/s1. The molecule has 0 N–H and O–H groups in total. The predicted molar refractivity (Wildman–Crippen MR) is 52.6 cm³/mol. The van der Waals surface area contributed by atoms with Crippen molar-refractivity contribution in [1.29, 1.82) is 0 Å². The molecule has 0 amide bonds. The molecule has 1 aliphatic heterocycles. The van der Waals surface area contributed by atoms with E-state index in [1.807, 2.05) is 6.92 Å². The van der Waals surface area contributed by atoms with Gasteiger partial charge in [0.1, 0.15) is 18.3 Å². The minimum atomic E-state index is -0.468. The van der Waals surface area contributed by atoms with Crippen molar-refractivity contribution in [3.8, 4) is 0 Å². The number of benzene rings is 1. The minimum absolute atomic E-state index is 0.0230. The number of hydrogen-bond acceptors (Lipinski definition) is 3. The molecule has 0 aromatic heterocycles. The summed E-state index contributed by atoms with van der Waals surface area (Å²) in [5.41, 5.74) is 0.623. The van der Waals surface area contributed by atoms with Crippen LogP contribution in [0, 0.1) is 15.3 Å². The zero-order chi connectivity index (χ0) is 10.3. The van der Waals surface area contributed by atoms with Crippen molar-refractivity contribution < 1.29 is 4.92 Å². The molecule has 1 saturated heterocycles. The number of nitro benzene ring substituents is 1. The van der Waals surface area contributed by atoms with Gasteiger partial charge in [0.2, 0.25) is 0 Å². The number of quaternary nitrogens is 1. The Labute approximate surface area is 80.9 Å². The van der Waals surface area contributed by atoms with Gasteiger partial charge < -0.3 is 9.85 Å². The molecule has 0 aliphatic carbocycles. The van der Waals surface area contributed by atoms with Gasteiger partial charge in [-0.2, -0.15) is 0 Å². The van der Waals surface area contributed by atoms with Gasteiger partial charge in [-0.05, 0) is 6.92 Å². The first-order valence-electron chi connectivity index (χ1n) is 4.38. The number of rotatable bonds is 2. The van der Waals surface area contributed by atoms with Gasteiger partial charge in [0.25, 0.3) is 5.69 Å². The van der Waals surface area contributed by atoms with Crippen LogP contribution in [0.15, 0.2) is 24.3 Å². The van der Waals surface area contributed by atoms with Crippen LogP contribution < -0.4 is 4.65 Å². The topological polar surface area (TPSA) is 66.2 Å². The van der Waals surface area contributed by atoms with Crippen molar-refractivity contribution in [2.75, 3.05) is 6.54 Å². The minimum Gasteiger partial charge on any atom is -0.627 e. The van der Waals surface area contributed by atoms with Crippen LogP contribution in [0.5, 0.6) is 0 Å². The van der Waals surface area contributed by atoms with E-state index in [4.69, 9.17) is 0 Å². The van der Waals surface area contributed by atoms with Crippen LogP contribution in [-0.2, 0) is 0 Å². The molecule has 5 heteroatoms. The van der Waals surface area contributed by atoms with Crippen molar-refractivity contribution in [1.82, 2.24) is 4.65 Å². The summed E-state index contributed by atoms with van der Waals surface area (Å²) in [5, 5.41) is 22.2. The Bertz CT molecular complexity index is 376. The van der Waals surface area contributed by atoms with E-state index in [0.29, 0.717) is 12.2 Å². The third-order valence-electron chi connectivity index (χ3n) is 2.61. The first kappa shape index (κ1) is 9.11. The normalized spacial score (nSPS) is 30.0. The van der Waals surface area contributed by atoms with Gasteiger partial charge in [-0.15, -0.1) is 0 Å². The molecule has 0 bridgehead atoms. The van der Waals surface area contributed by atoms with Crippen molar-refractivity contribution in [3.63, 3.8) is 0 Å². The zero-order valence-corrected chi connectivity index (χ0v) is 7.71. The zero-order valence-electron chi connectivity index (χ0n) is 7.71. The summed E-state index contributed by atoms with van der Waals surface area (Å²) in [6.45, 7) is 2.44. The van der Waals surface area contributed by atoms with Gasteiger partial charge in [0.15, 0.2) is 0 Å². The largest absolute Gasteiger partial charge is 0.627 e. The summed E-state index contributed by atoms with van der Waals surface area (Å²) in [5.74, 6) is 0. The lowest BCUT2D eigenvalue weighted by molar-refractivity contribution is -0.384. The molecule has 1 heterocycles. The van der Waals surface area contributed by atoms with Crippen molar-refractivity contribution in [2.24, 2.45) is 0 Å². The van der Waals surface area contributed by atoms with E-state index in [1.54, 1.807) is 0 Å². The van der Waals surface area contributed by atoms with Crippen LogP contribution >= 0.6 is 0 Å². The number of hydrogen-bond donors (Lipinski definition) is 0. The molecular formula is C9H10N2O3. The molecule has 1 aromatic rings. The maximum Gasteiger partial charge on any atom is 0.269 e. The average Bonchev–Trinajstić information content (AvgIpc) is 2.76. The van der Waals surface area contributed by atoms with E-state index in [2.05, 4.69) is 0 Å². The number of nitro groups is 1. The van der Waals surface area contributed by atoms with E-state index in [1.165, 1.54) is 24.3 Å².